The number of anilines is 1. The maximum absolute atomic E-state index is 13.8. The van der Waals surface area contributed by atoms with Crippen LogP contribution in [0.15, 0.2) is 40.9 Å². The monoisotopic (exact) mass is 339 g/mol. The van der Waals surface area contributed by atoms with Crippen molar-refractivity contribution in [3.8, 4) is 5.75 Å². The zero-order valence-electron chi connectivity index (χ0n) is 11.0. The second-order valence-corrected chi connectivity index (χ2v) is 5.14. The molecule has 0 heterocycles. The lowest BCUT2D eigenvalue weighted by atomic mass is 10.2. The Morgan fingerprint density at radius 3 is 2.55 bits per heavy atom. The Hall–Kier alpha value is -1.59. The summed E-state index contributed by atoms with van der Waals surface area (Å²) in [6.07, 6.45) is 0. The number of aliphatic hydroxyl groups is 1. The minimum absolute atomic E-state index is 0.198. The summed E-state index contributed by atoms with van der Waals surface area (Å²) in [6, 6.07) is 10.5. The maximum Gasteiger partial charge on any atom is 0.146 e. The SMILES string of the molecule is COc1ccc(CNc2cc(Br)c(CO)cc2F)cc1. The van der Waals surface area contributed by atoms with Crippen LogP contribution in [0.25, 0.3) is 0 Å². The summed E-state index contributed by atoms with van der Waals surface area (Å²) >= 11 is 3.30. The molecule has 2 aromatic carbocycles. The van der Waals surface area contributed by atoms with E-state index in [1.807, 2.05) is 24.3 Å². The number of ether oxygens (including phenoxy) is 1. The summed E-state index contributed by atoms with van der Waals surface area (Å²) < 4.78 is 19.6. The van der Waals surface area contributed by atoms with Gasteiger partial charge in [0.2, 0.25) is 0 Å². The van der Waals surface area contributed by atoms with E-state index < -0.39 is 0 Å². The number of halogens is 2. The van der Waals surface area contributed by atoms with Crippen LogP contribution in [-0.4, -0.2) is 12.2 Å². The van der Waals surface area contributed by atoms with Crippen molar-refractivity contribution < 1.29 is 14.2 Å². The van der Waals surface area contributed by atoms with Crippen molar-refractivity contribution >= 4 is 21.6 Å². The van der Waals surface area contributed by atoms with E-state index in [-0.39, 0.29) is 12.4 Å². The molecule has 0 aliphatic rings. The fourth-order valence-corrected chi connectivity index (χ4v) is 2.25. The average molecular weight is 340 g/mol. The van der Waals surface area contributed by atoms with Crippen LogP contribution in [0.4, 0.5) is 10.1 Å². The van der Waals surface area contributed by atoms with Gasteiger partial charge in [0.15, 0.2) is 0 Å². The highest BCUT2D eigenvalue weighted by atomic mass is 79.9. The first-order valence-electron chi connectivity index (χ1n) is 6.09. The van der Waals surface area contributed by atoms with Crippen LogP contribution in [0.2, 0.25) is 0 Å². The molecule has 0 saturated carbocycles. The average Bonchev–Trinajstić information content (AvgIpc) is 2.48. The van der Waals surface area contributed by atoms with Gasteiger partial charge in [-0.25, -0.2) is 4.39 Å². The number of hydrogen-bond donors (Lipinski definition) is 2. The van der Waals surface area contributed by atoms with Crippen LogP contribution in [0.3, 0.4) is 0 Å². The molecule has 2 rings (SSSR count). The second kappa shape index (κ2) is 6.72. The predicted octanol–water partition coefficient (Wildman–Crippen LogP) is 3.70. The van der Waals surface area contributed by atoms with Gasteiger partial charge in [-0.3, -0.25) is 0 Å². The Labute approximate surface area is 125 Å². The summed E-state index contributed by atoms with van der Waals surface area (Å²) in [4.78, 5) is 0. The Morgan fingerprint density at radius 1 is 1.25 bits per heavy atom. The van der Waals surface area contributed by atoms with E-state index >= 15 is 0 Å². The quantitative estimate of drug-likeness (QED) is 0.872. The largest absolute Gasteiger partial charge is 0.497 e. The molecule has 0 bridgehead atoms. The Balaban J connectivity index is 2.08. The molecule has 3 nitrogen and oxygen atoms in total. The molecular weight excluding hydrogens is 325 g/mol. The fourth-order valence-electron chi connectivity index (χ4n) is 1.79. The van der Waals surface area contributed by atoms with Gasteiger partial charge in [0.25, 0.3) is 0 Å². The smallest absolute Gasteiger partial charge is 0.146 e. The molecule has 106 valence electrons. The lowest BCUT2D eigenvalue weighted by molar-refractivity contribution is 0.280. The van der Waals surface area contributed by atoms with Crippen LogP contribution in [0, 0.1) is 5.82 Å². The molecular formula is C15H15BrFNO2. The summed E-state index contributed by atoms with van der Waals surface area (Å²) in [5.41, 5.74) is 1.94. The van der Waals surface area contributed by atoms with Crippen molar-refractivity contribution in [1.82, 2.24) is 0 Å². The summed E-state index contributed by atoms with van der Waals surface area (Å²) in [5, 5.41) is 12.1. The van der Waals surface area contributed by atoms with Crippen molar-refractivity contribution in [3.63, 3.8) is 0 Å². The Kier molecular flexibility index (Phi) is 4.98. The second-order valence-electron chi connectivity index (χ2n) is 4.28. The molecule has 2 aromatic rings. The molecule has 0 spiro atoms. The number of aliphatic hydroxyl groups excluding tert-OH is 1. The highest BCUT2D eigenvalue weighted by molar-refractivity contribution is 9.10. The lowest BCUT2D eigenvalue weighted by Gasteiger charge is -2.11. The van der Waals surface area contributed by atoms with E-state index in [1.54, 1.807) is 13.2 Å². The van der Waals surface area contributed by atoms with Crippen LogP contribution in [0.1, 0.15) is 11.1 Å². The molecule has 20 heavy (non-hydrogen) atoms. The predicted molar refractivity (Wildman–Crippen MR) is 80.3 cm³/mol. The van der Waals surface area contributed by atoms with Gasteiger partial charge in [0, 0.05) is 11.0 Å². The molecule has 0 unspecified atom stereocenters. The molecule has 0 saturated heterocycles. The third-order valence-electron chi connectivity index (χ3n) is 2.95. The van der Waals surface area contributed by atoms with Crippen molar-refractivity contribution in [1.29, 1.82) is 0 Å². The zero-order chi connectivity index (χ0) is 14.5. The first-order valence-corrected chi connectivity index (χ1v) is 6.89. The van der Waals surface area contributed by atoms with Crippen LogP contribution < -0.4 is 10.1 Å². The highest BCUT2D eigenvalue weighted by Crippen LogP contribution is 2.25. The van der Waals surface area contributed by atoms with Crippen LogP contribution >= 0.6 is 15.9 Å². The standard InChI is InChI=1S/C15H15BrFNO2/c1-20-12-4-2-10(3-5-12)8-18-15-7-13(16)11(9-19)6-14(15)17/h2-7,18-19H,8-9H2,1H3. The third kappa shape index (κ3) is 3.49. The number of nitrogens with one attached hydrogen (secondary N) is 1. The van der Waals surface area contributed by atoms with Crippen molar-refractivity contribution in [2.75, 3.05) is 12.4 Å². The molecule has 0 atom stereocenters. The molecule has 0 aliphatic heterocycles. The molecule has 5 heteroatoms. The van der Waals surface area contributed by atoms with Gasteiger partial charge in [-0.2, -0.15) is 0 Å². The Morgan fingerprint density at radius 2 is 1.95 bits per heavy atom. The van der Waals surface area contributed by atoms with E-state index in [2.05, 4.69) is 21.2 Å². The molecule has 0 radical (unpaired) electrons. The van der Waals surface area contributed by atoms with Crippen molar-refractivity contribution in [3.05, 3.63) is 57.8 Å². The lowest BCUT2D eigenvalue weighted by Crippen LogP contribution is -2.02. The van der Waals surface area contributed by atoms with E-state index in [9.17, 15) is 4.39 Å². The topological polar surface area (TPSA) is 41.5 Å². The fraction of sp³-hybridized carbons (Fsp3) is 0.200. The van der Waals surface area contributed by atoms with Crippen LogP contribution in [0.5, 0.6) is 5.75 Å². The molecule has 0 aromatic heterocycles. The Bertz CT molecular complexity index is 587. The molecule has 2 N–H and O–H groups in total. The van der Waals surface area contributed by atoms with Gasteiger partial charge in [-0.15, -0.1) is 0 Å². The van der Waals surface area contributed by atoms with Gasteiger partial charge in [0.1, 0.15) is 11.6 Å². The normalized spacial score (nSPS) is 10.4. The van der Waals surface area contributed by atoms with Crippen LogP contribution in [-0.2, 0) is 13.2 Å². The molecule has 0 amide bonds. The molecule has 0 fully saturated rings. The first-order chi connectivity index (χ1) is 9.63. The van der Waals surface area contributed by atoms with Gasteiger partial charge >= 0.3 is 0 Å². The first kappa shape index (κ1) is 14.8. The number of methoxy groups -OCH3 is 1. The number of rotatable bonds is 5. The summed E-state index contributed by atoms with van der Waals surface area (Å²) in [6.45, 7) is 0.308. The van der Waals surface area contributed by atoms with E-state index in [0.29, 0.717) is 22.3 Å². The van der Waals surface area contributed by atoms with Crippen molar-refractivity contribution in [2.24, 2.45) is 0 Å². The van der Waals surface area contributed by atoms with Gasteiger partial charge < -0.3 is 15.2 Å². The minimum Gasteiger partial charge on any atom is -0.497 e. The van der Waals surface area contributed by atoms with Gasteiger partial charge in [-0.05, 0) is 35.4 Å². The number of benzene rings is 2. The maximum atomic E-state index is 13.8. The van der Waals surface area contributed by atoms with Crippen molar-refractivity contribution in [2.45, 2.75) is 13.2 Å². The summed E-state index contributed by atoms with van der Waals surface area (Å²) in [7, 11) is 1.61. The molecule has 0 aliphatic carbocycles. The van der Waals surface area contributed by atoms with Gasteiger partial charge in [-0.1, -0.05) is 28.1 Å². The van der Waals surface area contributed by atoms with Gasteiger partial charge in [0.05, 0.1) is 19.4 Å². The van der Waals surface area contributed by atoms with E-state index in [0.717, 1.165) is 11.3 Å². The minimum atomic E-state index is -0.384. The third-order valence-corrected chi connectivity index (χ3v) is 3.69. The van der Waals surface area contributed by atoms with E-state index in [1.165, 1.54) is 6.07 Å². The number of hydrogen-bond acceptors (Lipinski definition) is 3. The van der Waals surface area contributed by atoms with E-state index in [4.69, 9.17) is 9.84 Å². The zero-order valence-corrected chi connectivity index (χ0v) is 12.6. The summed E-state index contributed by atoms with van der Waals surface area (Å²) in [5.74, 6) is 0.403. The highest BCUT2D eigenvalue weighted by Gasteiger charge is 2.07.